The van der Waals surface area contributed by atoms with Crippen LogP contribution in [0.2, 0.25) is 0 Å². The third-order valence-electron chi connectivity index (χ3n) is 4.83. The van der Waals surface area contributed by atoms with Crippen LogP contribution in [-0.4, -0.2) is 38.8 Å². The van der Waals surface area contributed by atoms with Gasteiger partial charge < -0.3 is 19.7 Å². The van der Waals surface area contributed by atoms with E-state index in [1.54, 1.807) is 7.11 Å². The summed E-state index contributed by atoms with van der Waals surface area (Å²) >= 11 is 0. The minimum atomic E-state index is -0.0238. The lowest BCUT2D eigenvalue weighted by Gasteiger charge is -2.33. The highest BCUT2D eigenvalue weighted by molar-refractivity contribution is 5.92. The quantitative estimate of drug-likeness (QED) is 0.806. The van der Waals surface area contributed by atoms with Gasteiger partial charge in [-0.2, -0.15) is 0 Å². The van der Waals surface area contributed by atoms with Gasteiger partial charge in [-0.1, -0.05) is 12.1 Å². The molecule has 144 valence electrons. The van der Waals surface area contributed by atoms with E-state index in [0.717, 1.165) is 42.9 Å². The molecule has 2 aromatic carbocycles. The third kappa shape index (κ3) is 5.47. The molecule has 0 radical (unpaired) electrons. The summed E-state index contributed by atoms with van der Waals surface area (Å²) in [6.45, 7) is 4.55. The van der Waals surface area contributed by atoms with Crippen LogP contribution in [0.1, 0.15) is 25.3 Å². The molecule has 1 unspecified atom stereocenters. The first-order valence-corrected chi connectivity index (χ1v) is 9.57. The highest BCUT2D eigenvalue weighted by Gasteiger charge is 2.19. The number of amides is 1. The van der Waals surface area contributed by atoms with Gasteiger partial charge in [0.2, 0.25) is 5.91 Å². The van der Waals surface area contributed by atoms with Gasteiger partial charge in [0.1, 0.15) is 5.75 Å². The molecule has 0 aromatic heterocycles. The van der Waals surface area contributed by atoms with Crippen molar-refractivity contribution in [1.82, 2.24) is 0 Å². The van der Waals surface area contributed by atoms with Gasteiger partial charge in [-0.15, -0.1) is 0 Å². The highest BCUT2D eigenvalue weighted by atomic mass is 16.5. The van der Waals surface area contributed by atoms with Crippen molar-refractivity contribution in [3.8, 4) is 5.75 Å². The maximum atomic E-state index is 12.3. The second-order valence-electron chi connectivity index (χ2n) is 6.79. The molecule has 0 saturated carbocycles. The number of carbonyl (C=O) groups excluding carboxylic acids is 1. The fourth-order valence-electron chi connectivity index (χ4n) is 3.38. The maximum Gasteiger partial charge on any atom is 0.228 e. The second kappa shape index (κ2) is 9.42. The Morgan fingerprint density at radius 1 is 1.15 bits per heavy atom. The standard InChI is InChI=1S/C22H28N2O3/c1-3-27-20-12-6-17(7-13-20)15-22(25)23-18-8-10-19(11-9-18)24-14-4-5-21(16-24)26-2/h6-13,21H,3-5,14-16H2,1-2H3,(H,23,25). The SMILES string of the molecule is CCOc1ccc(CC(=O)Nc2ccc(N3CCCC(OC)C3)cc2)cc1. The van der Waals surface area contributed by atoms with E-state index in [1.807, 2.05) is 43.3 Å². The molecule has 1 aliphatic heterocycles. The number of nitrogens with zero attached hydrogens (tertiary/aromatic N) is 1. The van der Waals surface area contributed by atoms with E-state index in [1.165, 1.54) is 5.69 Å². The minimum Gasteiger partial charge on any atom is -0.494 e. The van der Waals surface area contributed by atoms with Gasteiger partial charge in [0, 0.05) is 31.6 Å². The monoisotopic (exact) mass is 368 g/mol. The van der Waals surface area contributed by atoms with Crippen LogP contribution in [0.15, 0.2) is 48.5 Å². The van der Waals surface area contributed by atoms with E-state index < -0.39 is 0 Å². The normalized spacial score (nSPS) is 16.8. The van der Waals surface area contributed by atoms with Crippen molar-refractivity contribution >= 4 is 17.3 Å². The fourth-order valence-corrected chi connectivity index (χ4v) is 3.38. The number of carbonyl (C=O) groups is 1. The van der Waals surface area contributed by atoms with Gasteiger partial charge in [0.05, 0.1) is 19.1 Å². The molecular weight excluding hydrogens is 340 g/mol. The smallest absolute Gasteiger partial charge is 0.228 e. The van der Waals surface area contributed by atoms with Crippen molar-refractivity contribution in [2.75, 3.05) is 37.0 Å². The Morgan fingerprint density at radius 3 is 2.56 bits per heavy atom. The topological polar surface area (TPSA) is 50.8 Å². The van der Waals surface area contributed by atoms with E-state index >= 15 is 0 Å². The molecule has 1 atom stereocenters. The van der Waals surface area contributed by atoms with Crippen LogP contribution in [-0.2, 0) is 16.0 Å². The predicted octanol–water partition coefficient (Wildman–Crippen LogP) is 3.88. The summed E-state index contributed by atoms with van der Waals surface area (Å²) < 4.78 is 10.9. The van der Waals surface area contributed by atoms with Crippen LogP contribution in [0.3, 0.4) is 0 Å². The predicted molar refractivity (Wildman–Crippen MR) is 109 cm³/mol. The molecule has 0 bridgehead atoms. The molecule has 1 saturated heterocycles. The van der Waals surface area contributed by atoms with Gasteiger partial charge in [-0.05, 0) is 61.7 Å². The van der Waals surface area contributed by atoms with Crippen LogP contribution in [0.4, 0.5) is 11.4 Å². The maximum absolute atomic E-state index is 12.3. The Bertz CT molecular complexity index is 728. The van der Waals surface area contributed by atoms with Crippen LogP contribution in [0.25, 0.3) is 0 Å². The average molecular weight is 368 g/mol. The van der Waals surface area contributed by atoms with Gasteiger partial charge in [-0.25, -0.2) is 0 Å². The van der Waals surface area contributed by atoms with E-state index in [-0.39, 0.29) is 5.91 Å². The molecule has 1 amide bonds. The molecule has 1 aliphatic rings. The van der Waals surface area contributed by atoms with Crippen molar-refractivity contribution in [2.24, 2.45) is 0 Å². The molecule has 1 fully saturated rings. The molecule has 5 nitrogen and oxygen atoms in total. The van der Waals surface area contributed by atoms with Gasteiger partial charge in [0.25, 0.3) is 0 Å². The highest BCUT2D eigenvalue weighted by Crippen LogP contribution is 2.23. The van der Waals surface area contributed by atoms with Crippen molar-refractivity contribution in [3.63, 3.8) is 0 Å². The number of nitrogens with one attached hydrogen (secondary N) is 1. The largest absolute Gasteiger partial charge is 0.494 e. The molecular formula is C22H28N2O3. The molecule has 2 aromatic rings. The number of piperidine rings is 1. The molecule has 1 heterocycles. The Morgan fingerprint density at radius 2 is 1.89 bits per heavy atom. The molecule has 3 rings (SSSR count). The summed E-state index contributed by atoms with van der Waals surface area (Å²) in [5.74, 6) is 0.801. The number of hydrogen-bond donors (Lipinski definition) is 1. The molecule has 1 N–H and O–H groups in total. The van der Waals surface area contributed by atoms with Crippen molar-refractivity contribution in [2.45, 2.75) is 32.3 Å². The number of methoxy groups -OCH3 is 1. The lowest BCUT2D eigenvalue weighted by atomic mass is 10.1. The van der Waals surface area contributed by atoms with Crippen LogP contribution in [0.5, 0.6) is 5.75 Å². The first kappa shape index (κ1) is 19.2. The van der Waals surface area contributed by atoms with Crippen LogP contribution < -0.4 is 15.0 Å². The zero-order valence-corrected chi connectivity index (χ0v) is 16.1. The van der Waals surface area contributed by atoms with E-state index in [0.29, 0.717) is 19.1 Å². The number of benzene rings is 2. The van der Waals surface area contributed by atoms with Crippen LogP contribution in [0, 0.1) is 0 Å². The van der Waals surface area contributed by atoms with Crippen molar-refractivity contribution in [3.05, 3.63) is 54.1 Å². The number of rotatable bonds is 7. The summed E-state index contributed by atoms with van der Waals surface area (Å²) in [6, 6.07) is 15.7. The number of anilines is 2. The zero-order valence-electron chi connectivity index (χ0n) is 16.1. The zero-order chi connectivity index (χ0) is 19.1. The number of ether oxygens (including phenoxy) is 2. The first-order chi connectivity index (χ1) is 13.2. The molecule has 0 aliphatic carbocycles. The van der Waals surface area contributed by atoms with Gasteiger partial charge >= 0.3 is 0 Å². The summed E-state index contributed by atoms with van der Waals surface area (Å²) in [7, 11) is 1.77. The second-order valence-corrected chi connectivity index (χ2v) is 6.79. The Kier molecular flexibility index (Phi) is 6.71. The molecule has 27 heavy (non-hydrogen) atoms. The summed E-state index contributed by atoms with van der Waals surface area (Å²) in [5.41, 5.74) is 2.95. The van der Waals surface area contributed by atoms with E-state index in [4.69, 9.17) is 9.47 Å². The third-order valence-corrected chi connectivity index (χ3v) is 4.83. The Hall–Kier alpha value is -2.53. The van der Waals surface area contributed by atoms with Crippen LogP contribution >= 0.6 is 0 Å². The fraction of sp³-hybridized carbons (Fsp3) is 0.409. The number of hydrogen-bond acceptors (Lipinski definition) is 4. The van der Waals surface area contributed by atoms with Gasteiger partial charge in [-0.3, -0.25) is 4.79 Å². The Labute approximate surface area is 161 Å². The summed E-state index contributed by atoms with van der Waals surface area (Å²) in [6.07, 6.45) is 2.90. The average Bonchev–Trinajstić information content (AvgIpc) is 2.70. The summed E-state index contributed by atoms with van der Waals surface area (Å²) in [4.78, 5) is 14.6. The van der Waals surface area contributed by atoms with Gasteiger partial charge in [0.15, 0.2) is 0 Å². The summed E-state index contributed by atoms with van der Waals surface area (Å²) in [5, 5.41) is 2.97. The van der Waals surface area contributed by atoms with E-state index in [9.17, 15) is 4.79 Å². The Balaban J connectivity index is 1.53. The lowest BCUT2D eigenvalue weighted by molar-refractivity contribution is -0.115. The minimum absolute atomic E-state index is 0.0238. The molecule has 0 spiro atoms. The lowest BCUT2D eigenvalue weighted by Crippen LogP contribution is -2.39. The van der Waals surface area contributed by atoms with Crippen molar-refractivity contribution in [1.29, 1.82) is 0 Å². The van der Waals surface area contributed by atoms with Crippen molar-refractivity contribution < 1.29 is 14.3 Å². The molecule has 5 heteroatoms. The van der Waals surface area contributed by atoms with E-state index in [2.05, 4.69) is 22.3 Å². The first-order valence-electron chi connectivity index (χ1n) is 9.57.